The second kappa shape index (κ2) is 10.5. The molecule has 10 heteroatoms. The van der Waals surface area contributed by atoms with E-state index in [1.807, 2.05) is 33.8 Å². The van der Waals surface area contributed by atoms with Gasteiger partial charge in [0.1, 0.15) is 6.04 Å². The fraction of sp³-hybridized carbons (Fsp3) is 0.433. The Hall–Kier alpha value is -4.05. The molecule has 210 valence electrons. The number of esters is 1. The number of carbonyl (C=O) groups is 5. The van der Waals surface area contributed by atoms with Crippen molar-refractivity contribution in [1.29, 1.82) is 0 Å². The first-order valence-electron chi connectivity index (χ1n) is 13.4. The highest BCUT2D eigenvalue weighted by molar-refractivity contribution is 6.23. The summed E-state index contributed by atoms with van der Waals surface area (Å²) in [6.07, 6.45) is -2.87. The van der Waals surface area contributed by atoms with Crippen LogP contribution in [0.1, 0.15) is 72.9 Å². The molecule has 3 aliphatic rings. The number of carbonyl (C=O) groups excluding carboxylic acids is 5. The summed E-state index contributed by atoms with van der Waals surface area (Å²) >= 11 is 0. The lowest BCUT2D eigenvalue weighted by Crippen LogP contribution is -2.57. The Morgan fingerprint density at radius 1 is 0.975 bits per heavy atom. The Balaban J connectivity index is 1.48. The summed E-state index contributed by atoms with van der Waals surface area (Å²) in [4.78, 5) is 68.7. The van der Waals surface area contributed by atoms with Crippen LogP contribution in [0.4, 0.5) is 4.79 Å². The fourth-order valence-corrected chi connectivity index (χ4v) is 5.45. The van der Waals surface area contributed by atoms with Crippen LogP contribution in [0.3, 0.4) is 0 Å². The number of rotatable bonds is 7. The Morgan fingerprint density at radius 2 is 1.57 bits per heavy atom. The van der Waals surface area contributed by atoms with Crippen molar-refractivity contribution in [3.63, 3.8) is 0 Å². The van der Waals surface area contributed by atoms with E-state index in [4.69, 9.17) is 14.2 Å². The number of cyclic esters (lactones) is 2. The Labute approximate surface area is 232 Å². The number of ether oxygens (including phenoxy) is 3. The average Bonchev–Trinajstić information content (AvgIpc) is 3.33. The highest BCUT2D eigenvalue weighted by Gasteiger charge is 2.51. The van der Waals surface area contributed by atoms with Crippen LogP contribution in [-0.4, -0.2) is 64.6 Å². The number of fused-ring (bicyclic) bond motifs is 1. The standard InChI is InChI=1S/C30H32N2O8/c1-17(2)14-22(31-25(33)19-12-8-9-13-20(19)26(31)34)27(35)32-21(18-10-6-5-7-11-18)15-23(40-29(32)37)39-24-28(36)38-16-30(24,3)4/h5-13,17,21-24H,14-16H2,1-4H3/t21-,22+,23-,24+/m1/s1. The van der Waals surface area contributed by atoms with Crippen LogP contribution < -0.4 is 0 Å². The van der Waals surface area contributed by atoms with Crippen molar-refractivity contribution in [2.75, 3.05) is 6.61 Å². The van der Waals surface area contributed by atoms with Crippen LogP contribution in [-0.2, 0) is 23.8 Å². The lowest BCUT2D eigenvalue weighted by atomic mass is 9.89. The Kier molecular flexibility index (Phi) is 7.22. The maximum Gasteiger partial charge on any atom is 0.419 e. The predicted octanol–water partition coefficient (Wildman–Crippen LogP) is 4.10. The number of hydrogen-bond donors (Lipinski definition) is 0. The average molecular weight is 549 g/mol. The molecule has 0 spiro atoms. The zero-order valence-electron chi connectivity index (χ0n) is 22.9. The minimum Gasteiger partial charge on any atom is -0.463 e. The monoisotopic (exact) mass is 548 g/mol. The zero-order valence-corrected chi connectivity index (χ0v) is 22.9. The van der Waals surface area contributed by atoms with Gasteiger partial charge in [-0.2, -0.15) is 0 Å². The van der Waals surface area contributed by atoms with Gasteiger partial charge in [0.15, 0.2) is 6.10 Å². The molecule has 4 amide bonds. The Morgan fingerprint density at radius 3 is 2.12 bits per heavy atom. The molecule has 2 aromatic rings. The van der Waals surface area contributed by atoms with Crippen molar-refractivity contribution < 1.29 is 38.2 Å². The van der Waals surface area contributed by atoms with Crippen molar-refractivity contribution in [3.8, 4) is 0 Å². The van der Waals surface area contributed by atoms with Gasteiger partial charge in [-0.05, 0) is 30.0 Å². The molecule has 0 unspecified atom stereocenters. The van der Waals surface area contributed by atoms with Gasteiger partial charge in [-0.25, -0.2) is 14.5 Å². The largest absolute Gasteiger partial charge is 0.463 e. The van der Waals surface area contributed by atoms with Crippen molar-refractivity contribution in [1.82, 2.24) is 9.80 Å². The van der Waals surface area contributed by atoms with Crippen molar-refractivity contribution >= 4 is 29.8 Å². The second-order valence-corrected chi connectivity index (χ2v) is 11.5. The van der Waals surface area contributed by atoms with Crippen molar-refractivity contribution in [2.45, 2.75) is 65.0 Å². The predicted molar refractivity (Wildman–Crippen MR) is 141 cm³/mol. The van der Waals surface area contributed by atoms with E-state index in [-0.39, 0.29) is 36.5 Å². The first kappa shape index (κ1) is 27.5. The number of nitrogens with zero attached hydrogens (tertiary/aromatic N) is 2. The third-order valence-electron chi connectivity index (χ3n) is 7.49. The van der Waals surface area contributed by atoms with Gasteiger partial charge in [-0.15, -0.1) is 0 Å². The van der Waals surface area contributed by atoms with Crippen LogP contribution in [0.25, 0.3) is 0 Å². The van der Waals surface area contributed by atoms with Crippen LogP contribution in [0.5, 0.6) is 0 Å². The molecule has 4 atom stereocenters. The maximum absolute atomic E-state index is 14.2. The molecule has 2 saturated heterocycles. The summed E-state index contributed by atoms with van der Waals surface area (Å²) in [7, 11) is 0. The quantitative estimate of drug-likeness (QED) is 0.375. The molecule has 40 heavy (non-hydrogen) atoms. The second-order valence-electron chi connectivity index (χ2n) is 11.5. The number of hydrogen-bond acceptors (Lipinski definition) is 8. The maximum atomic E-state index is 14.2. The molecule has 0 N–H and O–H groups in total. The molecule has 0 radical (unpaired) electrons. The zero-order chi connectivity index (χ0) is 28.8. The molecule has 2 fully saturated rings. The normalized spacial score (nSPS) is 24.7. The summed E-state index contributed by atoms with van der Waals surface area (Å²) in [5, 5.41) is 0. The van der Waals surface area contributed by atoms with Gasteiger partial charge in [0.05, 0.1) is 23.8 Å². The van der Waals surface area contributed by atoms with Crippen LogP contribution >= 0.6 is 0 Å². The molecule has 0 saturated carbocycles. The lowest BCUT2D eigenvalue weighted by Gasteiger charge is -2.41. The SMILES string of the molecule is CC(C)C[C@@H](C(=O)N1C(=O)O[C@@H](O[C@H]2C(=O)OCC2(C)C)C[C@@H]1c1ccccc1)N1C(=O)c2ccccc2C1=O. The smallest absolute Gasteiger partial charge is 0.419 e. The molecule has 0 aliphatic carbocycles. The summed E-state index contributed by atoms with van der Waals surface area (Å²) < 4.78 is 16.7. The van der Waals surface area contributed by atoms with Gasteiger partial charge >= 0.3 is 12.1 Å². The molecule has 2 aromatic carbocycles. The summed E-state index contributed by atoms with van der Waals surface area (Å²) in [6, 6.07) is 13.3. The molecule has 3 heterocycles. The number of amides is 4. The Bertz CT molecular complexity index is 1320. The molecule has 0 aromatic heterocycles. The fourth-order valence-electron chi connectivity index (χ4n) is 5.45. The third-order valence-corrected chi connectivity index (χ3v) is 7.49. The molecule has 3 aliphatic heterocycles. The van der Waals surface area contributed by atoms with Crippen molar-refractivity contribution in [2.24, 2.45) is 11.3 Å². The van der Waals surface area contributed by atoms with Crippen LogP contribution in [0.2, 0.25) is 0 Å². The van der Waals surface area contributed by atoms with Gasteiger partial charge in [0.2, 0.25) is 6.29 Å². The lowest BCUT2D eigenvalue weighted by molar-refractivity contribution is -0.196. The molecule has 10 nitrogen and oxygen atoms in total. The third kappa shape index (κ3) is 4.88. The first-order chi connectivity index (χ1) is 19.0. The molecule has 5 rings (SSSR count). The highest BCUT2D eigenvalue weighted by atomic mass is 16.7. The minimum absolute atomic E-state index is 0.0396. The van der Waals surface area contributed by atoms with E-state index >= 15 is 0 Å². The molecular weight excluding hydrogens is 516 g/mol. The molecule has 0 bridgehead atoms. The summed E-state index contributed by atoms with van der Waals surface area (Å²) in [6.45, 7) is 7.54. The van der Waals surface area contributed by atoms with E-state index < -0.39 is 59.7 Å². The summed E-state index contributed by atoms with van der Waals surface area (Å²) in [5.74, 6) is -2.51. The topological polar surface area (TPSA) is 120 Å². The van der Waals surface area contributed by atoms with Gasteiger partial charge in [0.25, 0.3) is 17.7 Å². The van der Waals surface area contributed by atoms with E-state index in [1.54, 1.807) is 48.5 Å². The minimum atomic E-state index is -1.23. The highest BCUT2D eigenvalue weighted by Crippen LogP contribution is 2.38. The summed E-state index contributed by atoms with van der Waals surface area (Å²) in [5.41, 5.74) is 0.441. The van der Waals surface area contributed by atoms with E-state index in [1.165, 1.54) is 0 Å². The van der Waals surface area contributed by atoms with E-state index in [0.29, 0.717) is 5.56 Å². The first-order valence-corrected chi connectivity index (χ1v) is 13.4. The number of benzene rings is 2. The van der Waals surface area contributed by atoms with E-state index in [0.717, 1.165) is 9.80 Å². The van der Waals surface area contributed by atoms with Gasteiger partial charge in [0, 0.05) is 11.8 Å². The van der Waals surface area contributed by atoms with Crippen molar-refractivity contribution in [3.05, 3.63) is 71.3 Å². The number of imide groups is 2. The van der Waals surface area contributed by atoms with E-state index in [9.17, 15) is 24.0 Å². The van der Waals surface area contributed by atoms with Crippen LogP contribution in [0.15, 0.2) is 54.6 Å². The van der Waals surface area contributed by atoms with Gasteiger partial charge in [-0.3, -0.25) is 19.3 Å². The van der Waals surface area contributed by atoms with Gasteiger partial charge < -0.3 is 14.2 Å². The molecular formula is C30H32N2O8. The van der Waals surface area contributed by atoms with Gasteiger partial charge in [-0.1, -0.05) is 70.2 Å². The van der Waals surface area contributed by atoms with Crippen LogP contribution in [0, 0.1) is 11.3 Å². The van der Waals surface area contributed by atoms with E-state index in [2.05, 4.69) is 0 Å².